The summed E-state index contributed by atoms with van der Waals surface area (Å²) in [6.07, 6.45) is 0.376. The summed E-state index contributed by atoms with van der Waals surface area (Å²) in [6.45, 7) is 1.93. The third-order valence-corrected chi connectivity index (χ3v) is 1.99. The zero-order valence-electron chi connectivity index (χ0n) is 8.40. The molecule has 0 saturated heterocycles. The molecular weight excluding hydrogens is 196 g/mol. The normalized spacial score (nSPS) is 9.67. The molecule has 80 valence electrons. The van der Waals surface area contributed by atoms with Crippen LogP contribution in [0.4, 0.5) is 5.69 Å². The lowest BCUT2D eigenvalue weighted by molar-refractivity contribution is -0.385. The molecule has 0 unspecified atom stereocenters. The molecule has 1 amide bonds. The molecule has 1 aromatic carbocycles. The second kappa shape index (κ2) is 5.09. The summed E-state index contributed by atoms with van der Waals surface area (Å²) in [5.41, 5.74) is 0.554. The number of hydrogen-bond acceptors (Lipinski definition) is 3. The van der Waals surface area contributed by atoms with E-state index in [-0.39, 0.29) is 18.1 Å². The number of rotatable bonds is 4. The van der Waals surface area contributed by atoms with Crippen molar-refractivity contribution in [2.24, 2.45) is 0 Å². The summed E-state index contributed by atoms with van der Waals surface area (Å²) in [4.78, 5) is 21.2. The van der Waals surface area contributed by atoms with E-state index in [1.165, 1.54) is 6.07 Å². The van der Waals surface area contributed by atoms with Crippen molar-refractivity contribution in [3.63, 3.8) is 0 Å². The minimum absolute atomic E-state index is 0.0360. The Balaban J connectivity index is 2.76. The molecule has 0 spiro atoms. The molecule has 1 aromatic rings. The van der Waals surface area contributed by atoms with Crippen molar-refractivity contribution in [3.05, 3.63) is 39.9 Å². The number of benzene rings is 1. The fourth-order valence-corrected chi connectivity index (χ4v) is 1.16. The number of hydrogen-bond donors (Lipinski definition) is 1. The van der Waals surface area contributed by atoms with Crippen LogP contribution in [0.3, 0.4) is 0 Å². The molecule has 0 aliphatic carbocycles. The van der Waals surface area contributed by atoms with E-state index in [0.717, 1.165) is 0 Å². The fourth-order valence-electron chi connectivity index (χ4n) is 1.16. The Hall–Kier alpha value is -1.91. The van der Waals surface area contributed by atoms with Gasteiger partial charge >= 0.3 is 0 Å². The maximum Gasteiger partial charge on any atom is 0.274 e. The molecular formula is C10H12N2O3. The van der Waals surface area contributed by atoms with Gasteiger partial charge in [-0.1, -0.05) is 25.1 Å². The fraction of sp³-hybridized carbons (Fsp3) is 0.300. The average molecular weight is 208 g/mol. The quantitative estimate of drug-likeness (QED) is 0.603. The minimum atomic E-state index is -0.451. The number of amides is 1. The summed E-state index contributed by atoms with van der Waals surface area (Å²) >= 11 is 0. The van der Waals surface area contributed by atoms with Crippen LogP contribution < -0.4 is 5.32 Å². The van der Waals surface area contributed by atoms with Crippen molar-refractivity contribution >= 4 is 11.6 Å². The van der Waals surface area contributed by atoms with Crippen molar-refractivity contribution in [1.29, 1.82) is 0 Å². The number of para-hydroxylation sites is 1. The first-order valence-corrected chi connectivity index (χ1v) is 4.64. The zero-order valence-corrected chi connectivity index (χ0v) is 8.40. The number of nitro benzene ring substituents is 1. The highest BCUT2D eigenvalue weighted by Crippen LogP contribution is 2.16. The number of carbonyl (C=O) groups excluding carboxylic acids is 1. The van der Waals surface area contributed by atoms with Gasteiger partial charge in [-0.2, -0.15) is 0 Å². The third-order valence-electron chi connectivity index (χ3n) is 1.99. The topological polar surface area (TPSA) is 72.2 Å². The first-order valence-electron chi connectivity index (χ1n) is 4.64. The highest BCUT2D eigenvalue weighted by atomic mass is 16.6. The van der Waals surface area contributed by atoms with E-state index in [2.05, 4.69) is 5.32 Å². The van der Waals surface area contributed by atoms with Crippen LogP contribution in [0.5, 0.6) is 0 Å². The second-order valence-electron chi connectivity index (χ2n) is 3.02. The molecule has 5 nitrogen and oxygen atoms in total. The van der Waals surface area contributed by atoms with Crippen molar-refractivity contribution in [1.82, 2.24) is 5.32 Å². The first kappa shape index (κ1) is 11.2. The number of carbonyl (C=O) groups is 1. The highest BCUT2D eigenvalue weighted by molar-refractivity contribution is 5.75. The number of nitrogens with one attached hydrogen (secondary N) is 1. The Bertz CT molecular complexity index is 377. The van der Waals surface area contributed by atoms with Gasteiger partial charge in [0.15, 0.2) is 0 Å². The summed E-state index contributed by atoms with van der Waals surface area (Å²) < 4.78 is 0. The number of nitro groups is 1. The molecule has 0 aliphatic rings. The van der Waals surface area contributed by atoms with Crippen LogP contribution in [-0.2, 0) is 11.3 Å². The van der Waals surface area contributed by atoms with Crippen LogP contribution in [-0.4, -0.2) is 10.8 Å². The molecule has 1 rings (SSSR count). The van der Waals surface area contributed by atoms with Gasteiger partial charge in [0.25, 0.3) is 5.69 Å². The predicted octanol–water partition coefficient (Wildman–Crippen LogP) is 1.62. The van der Waals surface area contributed by atoms with Gasteiger partial charge in [0.2, 0.25) is 5.91 Å². The van der Waals surface area contributed by atoms with Crippen molar-refractivity contribution in [2.45, 2.75) is 19.9 Å². The van der Waals surface area contributed by atoms with Gasteiger partial charge in [-0.15, -0.1) is 0 Å². The van der Waals surface area contributed by atoms with Gasteiger partial charge in [0.05, 0.1) is 4.92 Å². The molecule has 0 fully saturated rings. The van der Waals surface area contributed by atoms with E-state index in [0.29, 0.717) is 12.0 Å². The van der Waals surface area contributed by atoms with Crippen molar-refractivity contribution in [3.8, 4) is 0 Å². The summed E-state index contributed by atoms with van der Waals surface area (Å²) in [6, 6.07) is 6.37. The zero-order chi connectivity index (χ0) is 11.3. The molecule has 0 aliphatic heterocycles. The number of nitrogens with zero attached hydrogens (tertiary/aromatic N) is 1. The van der Waals surface area contributed by atoms with E-state index < -0.39 is 4.92 Å². The largest absolute Gasteiger partial charge is 0.352 e. The molecule has 0 aromatic heterocycles. The van der Waals surface area contributed by atoms with Crippen LogP contribution >= 0.6 is 0 Å². The van der Waals surface area contributed by atoms with Crippen LogP contribution in [0.1, 0.15) is 18.9 Å². The summed E-state index contributed by atoms with van der Waals surface area (Å²) in [5.74, 6) is -0.117. The highest BCUT2D eigenvalue weighted by Gasteiger charge is 2.12. The lowest BCUT2D eigenvalue weighted by atomic mass is 10.2. The predicted molar refractivity (Wildman–Crippen MR) is 55.2 cm³/mol. The van der Waals surface area contributed by atoms with Gasteiger partial charge in [0.1, 0.15) is 0 Å². The van der Waals surface area contributed by atoms with Gasteiger partial charge in [0, 0.05) is 24.6 Å². The molecule has 15 heavy (non-hydrogen) atoms. The van der Waals surface area contributed by atoms with Crippen molar-refractivity contribution < 1.29 is 9.72 Å². The Morgan fingerprint density at radius 3 is 2.73 bits per heavy atom. The smallest absolute Gasteiger partial charge is 0.274 e. The maximum absolute atomic E-state index is 11.0. The van der Waals surface area contributed by atoms with Gasteiger partial charge < -0.3 is 5.32 Å². The van der Waals surface area contributed by atoms with Crippen molar-refractivity contribution in [2.75, 3.05) is 0 Å². The van der Waals surface area contributed by atoms with E-state index in [1.54, 1.807) is 25.1 Å². The van der Waals surface area contributed by atoms with Gasteiger partial charge in [-0.25, -0.2) is 0 Å². The average Bonchev–Trinajstić information content (AvgIpc) is 2.26. The van der Waals surface area contributed by atoms with Crippen LogP contribution in [0.15, 0.2) is 24.3 Å². The molecule has 0 saturated carbocycles. The maximum atomic E-state index is 11.0. The Morgan fingerprint density at radius 1 is 1.47 bits per heavy atom. The molecule has 0 bridgehead atoms. The summed E-state index contributed by atoms with van der Waals surface area (Å²) in [5, 5.41) is 13.2. The lowest BCUT2D eigenvalue weighted by Crippen LogP contribution is -2.21. The van der Waals surface area contributed by atoms with Crippen LogP contribution in [0, 0.1) is 10.1 Å². The van der Waals surface area contributed by atoms with Crippen LogP contribution in [0.25, 0.3) is 0 Å². The van der Waals surface area contributed by atoms with Gasteiger partial charge in [-0.3, -0.25) is 14.9 Å². The minimum Gasteiger partial charge on any atom is -0.352 e. The molecule has 0 heterocycles. The molecule has 1 N–H and O–H groups in total. The third kappa shape index (κ3) is 3.05. The van der Waals surface area contributed by atoms with E-state index in [4.69, 9.17) is 0 Å². The van der Waals surface area contributed by atoms with Gasteiger partial charge in [-0.05, 0) is 0 Å². The van der Waals surface area contributed by atoms with E-state index in [1.807, 2.05) is 0 Å². The molecule has 0 atom stereocenters. The SMILES string of the molecule is CCC(=O)NCc1ccccc1[N+](=O)[O-]. The van der Waals surface area contributed by atoms with Crippen LogP contribution in [0.2, 0.25) is 0 Å². The summed E-state index contributed by atoms with van der Waals surface area (Å²) in [7, 11) is 0. The Morgan fingerprint density at radius 2 is 2.13 bits per heavy atom. The van der Waals surface area contributed by atoms with E-state index >= 15 is 0 Å². The molecule has 5 heteroatoms. The molecule has 0 radical (unpaired) electrons. The lowest BCUT2D eigenvalue weighted by Gasteiger charge is -2.03. The Labute approximate surface area is 87.3 Å². The Kier molecular flexibility index (Phi) is 3.79. The monoisotopic (exact) mass is 208 g/mol. The second-order valence-corrected chi connectivity index (χ2v) is 3.02. The standard InChI is InChI=1S/C10H12N2O3/c1-2-10(13)11-7-8-5-3-4-6-9(8)12(14)15/h3-6H,2,7H2,1H3,(H,11,13). The van der Waals surface area contributed by atoms with E-state index in [9.17, 15) is 14.9 Å². The first-order chi connectivity index (χ1) is 7.15.